The zero-order chi connectivity index (χ0) is 29.0. The molecule has 2 amide bonds. The predicted molar refractivity (Wildman–Crippen MR) is 145 cm³/mol. The smallest absolute Gasteiger partial charge is 0.383 e. The number of hydrogen-bond acceptors (Lipinski definition) is 5. The van der Waals surface area contributed by atoms with Gasteiger partial charge < -0.3 is 20.7 Å². The van der Waals surface area contributed by atoms with Crippen LogP contribution in [0.15, 0.2) is 64.0 Å². The minimum Gasteiger partial charge on any atom is -0.383 e. The molecule has 0 unspecified atom stereocenters. The van der Waals surface area contributed by atoms with E-state index in [0.29, 0.717) is 17.7 Å². The number of aromatic nitrogens is 2. The second-order valence-electron chi connectivity index (χ2n) is 8.51. The topological polar surface area (TPSA) is 97.3 Å². The van der Waals surface area contributed by atoms with Gasteiger partial charge in [-0.1, -0.05) is 22.0 Å². The number of ether oxygens (including phenoxy) is 1. The molecule has 0 fully saturated rings. The first-order chi connectivity index (χ1) is 18.9. The van der Waals surface area contributed by atoms with Gasteiger partial charge in [-0.05, 0) is 36.4 Å². The third kappa shape index (κ3) is 6.93. The van der Waals surface area contributed by atoms with Gasteiger partial charge in [0.05, 0.1) is 17.8 Å². The number of hydrogen-bond donors (Lipinski definition) is 3. The van der Waals surface area contributed by atoms with E-state index in [9.17, 15) is 31.5 Å². The normalized spacial score (nSPS) is 11.5. The van der Waals surface area contributed by atoms with Crippen molar-refractivity contribution in [3.8, 4) is 11.1 Å². The number of amides is 2. The van der Waals surface area contributed by atoms with Crippen LogP contribution in [0.25, 0.3) is 22.0 Å². The molecule has 2 aromatic heterocycles. The molecule has 14 heteroatoms. The maximum absolute atomic E-state index is 14.7. The van der Waals surface area contributed by atoms with Crippen LogP contribution in [0.3, 0.4) is 0 Å². The second-order valence-corrected chi connectivity index (χ2v) is 9.37. The summed E-state index contributed by atoms with van der Waals surface area (Å²) in [6.07, 6.45) is -3.42. The van der Waals surface area contributed by atoms with Gasteiger partial charge >= 0.3 is 12.2 Å². The van der Waals surface area contributed by atoms with Gasteiger partial charge in [0.25, 0.3) is 5.56 Å². The van der Waals surface area contributed by atoms with Crippen molar-refractivity contribution in [2.75, 3.05) is 36.2 Å². The van der Waals surface area contributed by atoms with Crippen molar-refractivity contribution in [3.63, 3.8) is 0 Å². The fraction of sp³-hybridized carbons (Fsp3) is 0.192. The lowest BCUT2D eigenvalue weighted by Crippen LogP contribution is -2.29. The van der Waals surface area contributed by atoms with E-state index in [2.05, 4.69) is 36.9 Å². The summed E-state index contributed by atoms with van der Waals surface area (Å²) in [6, 6.07) is 8.82. The quantitative estimate of drug-likeness (QED) is 0.156. The molecule has 2 aromatic carbocycles. The van der Waals surface area contributed by atoms with Gasteiger partial charge in [-0.15, -0.1) is 0 Å². The van der Waals surface area contributed by atoms with Crippen LogP contribution in [-0.2, 0) is 11.3 Å². The molecule has 4 aromatic rings. The van der Waals surface area contributed by atoms with Crippen molar-refractivity contribution < 1.29 is 31.5 Å². The number of carbonyl (C=O) groups is 1. The Morgan fingerprint density at radius 3 is 2.55 bits per heavy atom. The largest absolute Gasteiger partial charge is 0.406 e. The van der Waals surface area contributed by atoms with Crippen LogP contribution in [0, 0.1) is 11.6 Å². The highest BCUT2D eigenvalue weighted by atomic mass is 79.9. The first-order valence-electron chi connectivity index (χ1n) is 11.6. The number of carbonyl (C=O) groups excluding carboxylic acids is 1. The van der Waals surface area contributed by atoms with E-state index < -0.39 is 35.9 Å². The van der Waals surface area contributed by atoms with Crippen LogP contribution in [0.4, 0.5) is 43.9 Å². The summed E-state index contributed by atoms with van der Waals surface area (Å²) in [6.45, 7) is -0.928. The lowest BCUT2D eigenvalue weighted by molar-refractivity contribution is -0.140. The lowest BCUT2D eigenvalue weighted by atomic mass is 10.0. The van der Waals surface area contributed by atoms with Gasteiger partial charge in [-0.3, -0.25) is 9.36 Å². The van der Waals surface area contributed by atoms with E-state index in [-0.39, 0.29) is 43.7 Å². The molecule has 0 aliphatic rings. The van der Waals surface area contributed by atoms with E-state index in [0.717, 1.165) is 18.2 Å². The van der Waals surface area contributed by atoms with Gasteiger partial charge in [-0.2, -0.15) is 13.2 Å². The number of nitrogens with zero attached hydrogens (tertiary/aromatic N) is 2. The number of nitrogens with one attached hydrogen (secondary N) is 3. The molecule has 0 aliphatic carbocycles. The Hall–Kier alpha value is -4.04. The summed E-state index contributed by atoms with van der Waals surface area (Å²) in [5.41, 5.74) is -1.46. The number of urea groups is 1. The minimum absolute atomic E-state index is 0.0209. The Morgan fingerprint density at radius 1 is 1.07 bits per heavy atom. The SMILES string of the molecule is COCCNc1cc2c(cn1)cc(-c1cc(NC(=O)Nc3cccc(F)c3)c(F)cc1Br)c(=O)n2CC(F)(F)F. The fourth-order valence-corrected chi connectivity index (χ4v) is 4.41. The number of benzene rings is 2. The van der Waals surface area contributed by atoms with E-state index >= 15 is 0 Å². The average Bonchev–Trinajstić information content (AvgIpc) is 2.87. The number of pyridine rings is 2. The summed E-state index contributed by atoms with van der Waals surface area (Å²) in [7, 11) is 1.49. The lowest BCUT2D eigenvalue weighted by Gasteiger charge is -2.17. The van der Waals surface area contributed by atoms with Crippen LogP contribution in [0.2, 0.25) is 0 Å². The van der Waals surface area contributed by atoms with Gasteiger partial charge in [0.15, 0.2) is 0 Å². The Balaban J connectivity index is 1.77. The molecule has 0 bridgehead atoms. The Kier molecular flexibility index (Phi) is 8.69. The summed E-state index contributed by atoms with van der Waals surface area (Å²) in [5, 5.41) is 7.73. The molecule has 0 radical (unpaired) electrons. The minimum atomic E-state index is -4.73. The summed E-state index contributed by atoms with van der Waals surface area (Å²) < 4.78 is 74.3. The van der Waals surface area contributed by atoms with Crippen molar-refractivity contribution in [1.29, 1.82) is 0 Å². The molecule has 0 saturated heterocycles. The Labute approximate surface area is 232 Å². The van der Waals surface area contributed by atoms with Gasteiger partial charge in [-0.25, -0.2) is 18.6 Å². The highest BCUT2D eigenvalue weighted by molar-refractivity contribution is 9.10. The van der Waals surface area contributed by atoms with Crippen LogP contribution in [-0.4, -0.2) is 42.0 Å². The molecule has 0 atom stereocenters. The zero-order valence-corrected chi connectivity index (χ0v) is 22.3. The van der Waals surface area contributed by atoms with Crippen LogP contribution in [0.1, 0.15) is 0 Å². The standard InChI is InChI=1S/C26H21BrF5N5O3/c1-40-6-5-33-23-11-22-14(12-34-23)7-18(24(38)37(22)13-26(30,31)32)17-9-21(20(29)10-19(17)27)36-25(39)35-16-4-2-3-15(28)8-16/h2-4,7-12H,5-6,13H2,1H3,(H,33,34)(H2,35,36,39). The molecule has 2 heterocycles. The molecule has 4 rings (SSSR count). The molecular weight excluding hydrogens is 605 g/mol. The van der Waals surface area contributed by atoms with E-state index in [1.54, 1.807) is 0 Å². The molecule has 0 spiro atoms. The van der Waals surface area contributed by atoms with Crippen molar-refractivity contribution in [3.05, 3.63) is 81.2 Å². The van der Waals surface area contributed by atoms with Gasteiger partial charge in [0.1, 0.15) is 24.0 Å². The second kappa shape index (κ2) is 12.0. The highest BCUT2D eigenvalue weighted by Crippen LogP contribution is 2.33. The maximum Gasteiger partial charge on any atom is 0.406 e. The number of fused-ring (bicyclic) bond motifs is 1. The molecule has 8 nitrogen and oxygen atoms in total. The van der Waals surface area contributed by atoms with E-state index in [1.807, 2.05) is 0 Å². The number of halogens is 6. The maximum atomic E-state index is 14.7. The van der Waals surface area contributed by atoms with Crippen molar-refractivity contribution in [1.82, 2.24) is 9.55 Å². The molecule has 210 valence electrons. The zero-order valence-electron chi connectivity index (χ0n) is 20.7. The molecule has 0 saturated carbocycles. The van der Waals surface area contributed by atoms with Crippen molar-refractivity contribution in [2.24, 2.45) is 0 Å². The van der Waals surface area contributed by atoms with E-state index in [1.165, 1.54) is 43.6 Å². The summed E-state index contributed by atoms with van der Waals surface area (Å²) in [4.78, 5) is 30.0. The molecule has 0 aliphatic heterocycles. The predicted octanol–water partition coefficient (Wildman–Crippen LogP) is 6.37. The molecular formula is C26H21BrF5N5O3. The number of methoxy groups -OCH3 is 1. The molecule has 3 N–H and O–H groups in total. The van der Waals surface area contributed by atoms with Gasteiger partial charge in [0.2, 0.25) is 0 Å². The first kappa shape index (κ1) is 29.0. The van der Waals surface area contributed by atoms with E-state index in [4.69, 9.17) is 4.74 Å². The highest BCUT2D eigenvalue weighted by Gasteiger charge is 2.30. The molecule has 40 heavy (non-hydrogen) atoms. The Morgan fingerprint density at radius 2 is 1.85 bits per heavy atom. The third-order valence-electron chi connectivity index (χ3n) is 5.61. The first-order valence-corrected chi connectivity index (χ1v) is 12.4. The van der Waals surface area contributed by atoms with Gasteiger partial charge in [0, 0.05) is 52.6 Å². The average molecular weight is 626 g/mol. The number of rotatable bonds is 8. The van der Waals surface area contributed by atoms with Crippen LogP contribution >= 0.6 is 15.9 Å². The van der Waals surface area contributed by atoms with Crippen LogP contribution in [0.5, 0.6) is 0 Å². The monoisotopic (exact) mass is 625 g/mol. The van der Waals surface area contributed by atoms with Crippen molar-refractivity contribution in [2.45, 2.75) is 12.7 Å². The third-order valence-corrected chi connectivity index (χ3v) is 6.26. The Bertz CT molecular complexity index is 1630. The van der Waals surface area contributed by atoms with Crippen LogP contribution < -0.4 is 21.5 Å². The fourth-order valence-electron chi connectivity index (χ4n) is 3.88. The summed E-state index contributed by atoms with van der Waals surface area (Å²) >= 11 is 3.16. The number of anilines is 3. The van der Waals surface area contributed by atoms with Crippen molar-refractivity contribution >= 4 is 50.1 Å². The number of alkyl halides is 3. The summed E-state index contributed by atoms with van der Waals surface area (Å²) in [5.74, 6) is -1.25.